The number of rotatable bonds is 5. The Morgan fingerprint density at radius 2 is 2.27 bits per heavy atom. The first-order valence-electron chi connectivity index (χ1n) is 4.88. The van der Waals surface area contributed by atoms with Gasteiger partial charge < -0.3 is 10.9 Å². The average Bonchev–Trinajstić information content (AvgIpc) is 2.29. The third kappa shape index (κ3) is 3.57. The molecule has 0 radical (unpaired) electrons. The fourth-order valence-corrected chi connectivity index (χ4v) is 1.98. The molecule has 0 saturated carbocycles. The van der Waals surface area contributed by atoms with Crippen LogP contribution in [0, 0.1) is 0 Å². The molecule has 0 fully saturated rings. The van der Waals surface area contributed by atoms with Crippen LogP contribution in [0.4, 0.5) is 0 Å². The predicted molar refractivity (Wildman–Crippen MR) is 65.7 cm³/mol. The molecule has 0 amide bonds. The Morgan fingerprint density at radius 3 is 2.93 bits per heavy atom. The van der Waals surface area contributed by atoms with Crippen LogP contribution in [0.25, 0.3) is 0 Å². The molecule has 0 aromatic heterocycles. The molecule has 0 aliphatic rings. The zero-order valence-corrected chi connectivity index (χ0v) is 9.57. The van der Waals surface area contributed by atoms with Crippen molar-refractivity contribution >= 4 is 17.3 Å². The highest BCUT2D eigenvalue weighted by atomic mass is 32.2. The van der Waals surface area contributed by atoms with Crippen molar-refractivity contribution in [2.24, 2.45) is 10.9 Å². The van der Waals surface area contributed by atoms with E-state index in [9.17, 15) is 5.11 Å². The highest BCUT2D eigenvalue weighted by Crippen LogP contribution is 2.23. The number of aliphatic hydroxyl groups excluding tert-OH is 1. The van der Waals surface area contributed by atoms with Gasteiger partial charge in [0.2, 0.25) is 0 Å². The minimum atomic E-state index is -0.378. The van der Waals surface area contributed by atoms with Crippen molar-refractivity contribution in [3.63, 3.8) is 0 Å². The van der Waals surface area contributed by atoms with E-state index in [-0.39, 0.29) is 6.10 Å². The van der Waals surface area contributed by atoms with Crippen molar-refractivity contribution in [1.29, 1.82) is 0 Å². The Balaban J connectivity index is 2.76. The van der Waals surface area contributed by atoms with Gasteiger partial charge in [0.25, 0.3) is 0 Å². The van der Waals surface area contributed by atoms with Crippen LogP contribution in [0.5, 0.6) is 0 Å². The molecule has 0 saturated heterocycles. The third-order valence-corrected chi connectivity index (χ3v) is 2.92. The van der Waals surface area contributed by atoms with Gasteiger partial charge in [0, 0.05) is 5.75 Å². The molecule has 3 N–H and O–H groups in total. The molecule has 1 rings (SSSR count). The summed E-state index contributed by atoms with van der Waals surface area (Å²) in [5.74, 6) is 5.80. The van der Waals surface area contributed by atoms with Crippen molar-refractivity contribution in [3.8, 4) is 0 Å². The second kappa shape index (κ2) is 6.48. The largest absolute Gasteiger partial charge is 0.388 e. The number of hydrazone groups is 1. The van der Waals surface area contributed by atoms with Crippen LogP contribution in [-0.4, -0.2) is 10.7 Å². The maximum absolute atomic E-state index is 9.80. The van der Waals surface area contributed by atoms with Crippen molar-refractivity contribution in [1.82, 2.24) is 0 Å². The standard InChI is InChI=1S/C11H16N2OS/c1-2-11(14)10-6-4-3-5-9(10)7-15-8-13-12/h3-6,8,11,14H,2,7,12H2,1H3. The quantitative estimate of drug-likeness (QED) is 0.349. The molecular weight excluding hydrogens is 208 g/mol. The fraction of sp³-hybridized carbons (Fsp3) is 0.364. The topological polar surface area (TPSA) is 58.6 Å². The summed E-state index contributed by atoms with van der Waals surface area (Å²) in [6.07, 6.45) is 0.351. The van der Waals surface area contributed by atoms with E-state index >= 15 is 0 Å². The summed E-state index contributed by atoms with van der Waals surface area (Å²) in [5, 5.41) is 13.2. The van der Waals surface area contributed by atoms with Crippen LogP contribution >= 0.6 is 11.8 Å². The molecule has 1 atom stereocenters. The van der Waals surface area contributed by atoms with E-state index < -0.39 is 0 Å². The highest BCUT2D eigenvalue weighted by molar-refractivity contribution is 8.11. The van der Waals surface area contributed by atoms with Crippen molar-refractivity contribution < 1.29 is 5.11 Å². The number of hydrogen-bond donors (Lipinski definition) is 2. The van der Waals surface area contributed by atoms with Gasteiger partial charge in [0.1, 0.15) is 0 Å². The average molecular weight is 224 g/mol. The molecule has 0 spiro atoms. The second-order valence-corrected chi connectivity index (χ2v) is 4.02. The number of benzene rings is 1. The molecule has 0 heterocycles. The number of aliphatic hydroxyl groups is 1. The first kappa shape index (κ1) is 12.1. The van der Waals surface area contributed by atoms with Gasteiger partial charge in [0.15, 0.2) is 0 Å². The van der Waals surface area contributed by atoms with Gasteiger partial charge in [-0.15, -0.1) is 11.8 Å². The summed E-state index contributed by atoms with van der Waals surface area (Å²) in [6, 6.07) is 7.90. The number of nitrogens with zero attached hydrogens (tertiary/aromatic N) is 1. The number of nitrogens with two attached hydrogens (primary N) is 1. The second-order valence-electron chi connectivity index (χ2n) is 3.19. The Bertz CT molecular complexity index is 328. The lowest BCUT2D eigenvalue weighted by atomic mass is 10.0. The van der Waals surface area contributed by atoms with Gasteiger partial charge in [-0.1, -0.05) is 31.2 Å². The van der Waals surface area contributed by atoms with Crippen molar-refractivity contribution in [2.75, 3.05) is 0 Å². The lowest BCUT2D eigenvalue weighted by molar-refractivity contribution is 0.173. The summed E-state index contributed by atoms with van der Waals surface area (Å²) in [7, 11) is 0. The van der Waals surface area contributed by atoms with Gasteiger partial charge in [-0.2, -0.15) is 5.10 Å². The lowest BCUT2D eigenvalue weighted by Gasteiger charge is -2.12. The van der Waals surface area contributed by atoms with Gasteiger partial charge in [-0.25, -0.2) is 0 Å². The van der Waals surface area contributed by atoms with Gasteiger partial charge in [0.05, 0.1) is 11.7 Å². The molecule has 4 heteroatoms. The van der Waals surface area contributed by atoms with Crippen LogP contribution in [0.1, 0.15) is 30.6 Å². The Morgan fingerprint density at radius 1 is 1.53 bits per heavy atom. The number of hydrogen-bond acceptors (Lipinski definition) is 4. The summed E-state index contributed by atoms with van der Waals surface area (Å²) in [6.45, 7) is 1.97. The SMILES string of the molecule is CCC(O)c1ccccc1CSC=NN. The zero-order chi connectivity index (χ0) is 11.1. The Labute approximate surface area is 94.4 Å². The first-order valence-corrected chi connectivity index (χ1v) is 5.93. The summed E-state index contributed by atoms with van der Waals surface area (Å²) in [4.78, 5) is 0. The molecule has 1 unspecified atom stereocenters. The highest BCUT2D eigenvalue weighted by Gasteiger charge is 2.08. The van der Waals surface area contributed by atoms with E-state index in [2.05, 4.69) is 5.10 Å². The Hall–Kier alpha value is -1.00. The molecular formula is C11H16N2OS. The maximum Gasteiger partial charge on any atom is 0.0798 e. The first-order chi connectivity index (χ1) is 7.29. The fourth-order valence-electron chi connectivity index (χ4n) is 1.38. The van der Waals surface area contributed by atoms with Gasteiger partial charge >= 0.3 is 0 Å². The van der Waals surface area contributed by atoms with E-state index in [0.29, 0.717) is 0 Å². The zero-order valence-electron chi connectivity index (χ0n) is 8.76. The van der Waals surface area contributed by atoms with E-state index in [1.54, 1.807) is 5.55 Å². The van der Waals surface area contributed by atoms with Gasteiger partial charge in [-0.3, -0.25) is 0 Å². The summed E-state index contributed by atoms with van der Waals surface area (Å²) in [5.41, 5.74) is 3.74. The Kier molecular flexibility index (Phi) is 5.21. The third-order valence-electron chi connectivity index (χ3n) is 2.18. The molecule has 0 aliphatic heterocycles. The van der Waals surface area contributed by atoms with Crippen LogP contribution in [-0.2, 0) is 5.75 Å². The molecule has 0 bridgehead atoms. The van der Waals surface area contributed by atoms with Crippen molar-refractivity contribution in [2.45, 2.75) is 25.2 Å². The molecule has 1 aromatic carbocycles. The normalized spacial score (nSPS) is 13.2. The molecule has 3 nitrogen and oxygen atoms in total. The summed E-state index contributed by atoms with van der Waals surface area (Å²) >= 11 is 1.52. The monoisotopic (exact) mass is 224 g/mol. The van der Waals surface area contributed by atoms with Gasteiger partial charge in [-0.05, 0) is 17.5 Å². The molecule has 15 heavy (non-hydrogen) atoms. The van der Waals surface area contributed by atoms with Crippen LogP contribution < -0.4 is 5.84 Å². The van der Waals surface area contributed by atoms with E-state index in [1.165, 1.54) is 11.8 Å². The maximum atomic E-state index is 9.80. The van der Waals surface area contributed by atoms with Crippen LogP contribution in [0.15, 0.2) is 29.4 Å². The van der Waals surface area contributed by atoms with E-state index in [0.717, 1.165) is 23.3 Å². The minimum absolute atomic E-state index is 0.378. The lowest BCUT2D eigenvalue weighted by Crippen LogP contribution is -1.99. The smallest absolute Gasteiger partial charge is 0.0798 e. The summed E-state index contributed by atoms with van der Waals surface area (Å²) < 4.78 is 0. The van der Waals surface area contributed by atoms with E-state index in [4.69, 9.17) is 5.84 Å². The minimum Gasteiger partial charge on any atom is -0.388 e. The van der Waals surface area contributed by atoms with E-state index in [1.807, 2.05) is 31.2 Å². The molecule has 1 aromatic rings. The van der Waals surface area contributed by atoms with Crippen molar-refractivity contribution in [3.05, 3.63) is 35.4 Å². The molecule has 82 valence electrons. The van der Waals surface area contributed by atoms with Crippen LogP contribution in [0.3, 0.4) is 0 Å². The molecule has 0 aliphatic carbocycles. The number of thioether (sulfide) groups is 1. The predicted octanol–water partition coefficient (Wildman–Crippen LogP) is 2.27. The van der Waals surface area contributed by atoms with Crippen LogP contribution in [0.2, 0.25) is 0 Å².